The van der Waals surface area contributed by atoms with E-state index in [0.717, 1.165) is 58.3 Å². The van der Waals surface area contributed by atoms with Crippen LogP contribution in [0.2, 0.25) is 0 Å². The maximum absolute atomic E-state index is 14.1. The molecule has 1 aliphatic heterocycles. The fraction of sp³-hybridized carbons (Fsp3) is 0.514. The van der Waals surface area contributed by atoms with Crippen LogP contribution in [0.25, 0.3) is 0 Å². The van der Waals surface area contributed by atoms with Gasteiger partial charge in [0.05, 0.1) is 29.5 Å². The van der Waals surface area contributed by atoms with Gasteiger partial charge >= 0.3 is 6.18 Å². The van der Waals surface area contributed by atoms with Crippen LogP contribution in [-0.2, 0) is 11.0 Å². The summed E-state index contributed by atoms with van der Waals surface area (Å²) in [7, 11) is 5.05. The number of carbonyl (C=O) groups excluding carboxylic acids is 2. The van der Waals surface area contributed by atoms with E-state index in [0.29, 0.717) is 52.6 Å². The molecule has 8 rings (SSSR count). The Morgan fingerprint density at radius 3 is 2.39 bits per heavy atom. The van der Waals surface area contributed by atoms with Gasteiger partial charge in [-0.3, -0.25) is 9.59 Å². The Hall–Kier alpha value is -4.59. The van der Waals surface area contributed by atoms with E-state index in [1.165, 1.54) is 20.2 Å². The van der Waals surface area contributed by atoms with Gasteiger partial charge in [-0.15, -0.1) is 0 Å². The standard InChI is InChI=1S/C37H44F3N7O4/c1-21-6-5-7-26(33(48)41-2)30(21)44-32-27(37(38,39)40)20-42-35(45-32)43-28-9-8-25(16-29(28)50-4)51-31-23-14-22-15-24(31)19-36(17-22,18-23)34(49)47-12-10-46(3)11-13-47/h5-9,16,20,22-24,31H,10-15,17-19H2,1-4H3,(H,41,48)(H2,42,43,44,45). The molecule has 14 heteroatoms. The molecule has 1 saturated heterocycles. The van der Waals surface area contributed by atoms with Crippen molar-refractivity contribution >= 4 is 35.0 Å². The van der Waals surface area contributed by atoms with Gasteiger partial charge in [0, 0.05) is 45.5 Å². The third kappa shape index (κ3) is 6.77. The molecule has 11 nitrogen and oxygen atoms in total. The van der Waals surface area contributed by atoms with Gasteiger partial charge in [0.2, 0.25) is 11.9 Å². The summed E-state index contributed by atoms with van der Waals surface area (Å²) in [5.74, 6) is 1.40. The molecule has 272 valence electrons. The van der Waals surface area contributed by atoms with E-state index in [1.54, 1.807) is 37.3 Å². The number of halogens is 3. The number of methoxy groups -OCH3 is 1. The van der Waals surface area contributed by atoms with Gasteiger partial charge in [0.15, 0.2) is 0 Å². The van der Waals surface area contributed by atoms with Crippen LogP contribution in [0.1, 0.15) is 53.6 Å². The maximum atomic E-state index is 14.1. The number of carbonyl (C=O) groups is 2. The third-order valence-corrected chi connectivity index (χ3v) is 11.2. The minimum atomic E-state index is -4.76. The van der Waals surface area contributed by atoms with Crippen LogP contribution in [0, 0.1) is 30.1 Å². The molecule has 4 aliphatic carbocycles. The van der Waals surface area contributed by atoms with Crippen molar-refractivity contribution in [1.29, 1.82) is 0 Å². The first-order valence-corrected chi connectivity index (χ1v) is 17.5. The monoisotopic (exact) mass is 707 g/mol. The average molecular weight is 708 g/mol. The molecule has 4 bridgehead atoms. The van der Waals surface area contributed by atoms with Gasteiger partial charge in [-0.1, -0.05) is 12.1 Å². The number of alkyl halides is 3. The Labute approximate surface area is 295 Å². The van der Waals surface area contributed by atoms with E-state index < -0.39 is 23.5 Å². The Balaban J connectivity index is 1.09. The number of ether oxygens (including phenoxy) is 2. The number of piperazine rings is 1. The molecule has 2 amide bonds. The minimum absolute atomic E-state index is 0.00789. The molecule has 2 heterocycles. The first-order chi connectivity index (χ1) is 24.4. The van der Waals surface area contributed by atoms with Crippen LogP contribution in [-0.4, -0.2) is 85.1 Å². The normalized spacial score (nSPS) is 25.7. The second kappa shape index (κ2) is 13.5. The summed E-state index contributed by atoms with van der Waals surface area (Å²) in [4.78, 5) is 38.9. The van der Waals surface area contributed by atoms with Gasteiger partial charge in [-0.2, -0.15) is 18.2 Å². The van der Waals surface area contributed by atoms with Gasteiger partial charge in [-0.25, -0.2) is 4.98 Å². The van der Waals surface area contributed by atoms with E-state index in [9.17, 15) is 22.8 Å². The summed E-state index contributed by atoms with van der Waals surface area (Å²) in [5.41, 5.74) is -0.00383. The molecule has 2 atom stereocenters. The third-order valence-electron chi connectivity index (χ3n) is 11.2. The number of nitrogens with one attached hydrogen (secondary N) is 3. The Morgan fingerprint density at radius 1 is 1.00 bits per heavy atom. The van der Waals surface area contributed by atoms with E-state index in [4.69, 9.17) is 9.47 Å². The minimum Gasteiger partial charge on any atom is -0.494 e. The molecule has 3 N–H and O–H groups in total. The van der Waals surface area contributed by atoms with Crippen LogP contribution in [0.5, 0.6) is 11.5 Å². The van der Waals surface area contributed by atoms with Crippen molar-refractivity contribution in [1.82, 2.24) is 25.1 Å². The van der Waals surface area contributed by atoms with Crippen molar-refractivity contribution in [2.75, 3.05) is 58.0 Å². The summed E-state index contributed by atoms with van der Waals surface area (Å²) in [6.07, 6.45) is 0.731. The Kier molecular flexibility index (Phi) is 9.23. The number of likely N-dealkylation sites (N-methyl/N-ethyl adjacent to an activating group) is 1. The quantitative estimate of drug-likeness (QED) is 0.246. The van der Waals surface area contributed by atoms with Crippen molar-refractivity contribution in [3.63, 3.8) is 0 Å². The van der Waals surface area contributed by atoms with Gasteiger partial charge in [0.25, 0.3) is 5.91 Å². The average Bonchev–Trinajstić information content (AvgIpc) is 3.10. The second-order valence-corrected chi connectivity index (χ2v) is 14.6. The zero-order valence-corrected chi connectivity index (χ0v) is 29.3. The molecule has 3 aromatic rings. The van der Waals surface area contributed by atoms with Crippen molar-refractivity contribution in [3.05, 3.63) is 59.3 Å². The highest BCUT2D eigenvalue weighted by molar-refractivity contribution is 6.01. The molecular formula is C37H44F3N7O4. The van der Waals surface area contributed by atoms with Gasteiger partial charge in [0.1, 0.15) is 29.0 Å². The second-order valence-electron chi connectivity index (χ2n) is 14.6. The highest BCUT2D eigenvalue weighted by Gasteiger charge is 2.60. The highest BCUT2D eigenvalue weighted by Crippen LogP contribution is 2.61. The fourth-order valence-corrected chi connectivity index (χ4v) is 8.92. The fourth-order valence-electron chi connectivity index (χ4n) is 8.92. The summed E-state index contributed by atoms with van der Waals surface area (Å²) in [5, 5.41) is 8.25. The number of hydrogen-bond acceptors (Lipinski definition) is 9. The number of para-hydroxylation sites is 1. The van der Waals surface area contributed by atoms with Crippen molar-refractivity contribution in [2.24, 2.45) is 23.2 Å². The van der Waals surface area contributed by atoms with Crippen LogP contribution >= 0.6 is 0 Å². The topological polar surface area (TPSA) is 121 Å². The Bertz CT molecular complexity index is 1800. The molecule has 0 radical (unpaired) electrons. The van der Waals surface area contributed by atoms with E-state index in [2.05, 4.69) is 42.8 Å². The largest absolute Gasteiger partial charge is 0.494 e. The van der Waals surface area contributed by atoms with E-state index >= 15 is 0 Å². The number of amides is 2. The zero-order valence-electron chi connectivity index (χ0n) is 29.3. The lowest BCUT2D eigenvalue weighted by Crippen LogP contribution is -2.61. The molecular weight excluding hydrogens is 663 g/mol. The molecule has 1 aromatic heterocycles. The molecule has 4 saturated carbocycles. The zero-order chi connectivity index (χ0) is 36.1. The first-order valence-electron chi connectivity index (χ1n) is 17.5. The van der Waals surface area contributed by atoms with Crippen LogP contribution in [0.15, 0.2) is 42.6 Å². The molecule has 5 aliphatic rings. The SMILES string of the molecule is CNC(=O)c1cccc(C)c1Nc1nc(Nc2ccc(OC3C4CC5CC3CC(C(=O)N3CCN(C)CC3)(C5)C4)cc2OC)ncc1C(F)(F)F. The molecule has 2 aromatic carbocycles. The smallest absolute Gasteiger partial charge is 0.421 e. The van der Waals surface area contributed by atoms with Crippen molar-refractivity contribution in [3.8, 4) is 11.5 Å². The maximum Gasteiger partial charge on any atom is 0.421 e. The van der Waals surface area contributed by atoms with Crippen molar-refractivity contribution < 1.29 is 32.2 Å². The lowest BCUT2D eigenvalue weighted by molar-refractivity contribution is -0.170. The summed E-state index contributed by atoms with van der Waals surface area (Å²) >= 11 is 0. The van der Waals surface area contributed by atoms with Gasteiger partial charge < -0.3 is 35.2 Å². The van der Waals surface area contributed by atoms with Crippen LogP contribution < -0.4 is 25.4 Å². The number of anilines is 4. The van der Waals surface area contributed by atoms with Crippen LogP contribution in [0.3, 0.4) is 0 Å². The molecule has 2 unspecified atom stereocenters. The predicted octanol–water partition coefficient (Wildman–Crippen LogP) is 6.01. The molecule has 0 spiro atoms. The van der Waals surface area contributed by atoms with Gasteiger partial charge in [-0.05, 0) is 87.6 Å². The number of rotatable bonds is 9. The van der Waals surface area contributed by atoms with E-state index in [-0.39, 0.29) is 28.7 Å². The molecule has 51 heavy (non-hydrogen) atoms. The summed E-state index contributed by atoms with van der Waals surface area (Å²) in [6.45, 7) is 5.09. The van der Waals surface area contributed by atoms with Crippen LogP contribution in [0.4, 0.5) is 36.3 Å². The number of hydrogen-bond donors (Lipinski definition) is 3. The Morgan fingerprint density at radius 2 is 1.73 bits per heavy atom. The number of aromatic nitrogens is 2. The lowest BCUT2D eigenvalue weighted by Gasteiger charge is -2.59. The summed E-state index contributed by atoms with van der Waals surface area (Å²) in [6, 6.07) is 10.1. The number of benzene rings is 2. The highest BCUT2D eigenvalue weighted by atomic mass is 19.4. The van der Waals surface area contributed by atoms with Crippen molar-refractivity contribution in [2.45, 2.75) is 51.3 Å². The number of aryl methyl sites for hydroxylation is 1. The lowest BCUT2D eigenvalue weighted by atomic mass is 9.48. The summed E-state index contributed by atoms with van der Waals surface area (Å²) < 4.78 is 54.6. The predicted molar refractivity (Wildman–Crippen MR) is 186 cm³/mol. The first kappa shape index (κ1) is 34.8. The number of nitrogens with zero attached hydrogens (tertiary/aromatic N) is 4. The van der Waals surface area contributed by atoms with E-state index in [1.807, 2.05) is 0 Å². The molecule has 5 fully saturated rings.